The van der Waals surface area contributed by atoms with E-state index in [-0.39, 0.29) is 5.60 Å². The molecule has 2 heterocycles. The fraction of sp³-hybridized carbons (Fsp3) is 1.00. The van der Waals surface area contributed by atoms with Gasteiger partial charge >= 0.3 is 0 Å². The van der Waals surface area contributed by atoms with Crippen LogP contribution in [0.15, 0.2) is 0 Å². The molecule has 0 aromatic rings. The SMILES string of the molecule is C1CC2OCC3CCOC32C1. The molecule has 0 N–H and O–H groups in total. The Bertz CT molecular complexity index is 158. The molecule has 11 heavy (non-hydrogen) atoms. The van der Waals surface area contributed by atoms with Gasteiger partial charge in [-0.1, -0.05) is 0 Å². The van der Waals surface area contributed by atoms with Gasteiger partial charge in [0.2, 0.25) is 0 Å². The monoisotopic (exact) mass is 154 g/mol. The highest BCUT2D eigenvalue weighted by Crippen LogP contribution is 2.50. The van der Waals surface area contributed by atoms with Crippen LogP contribution in [0.3, 0.4) is 0 Å². The first-order chi connectivity index (χ1) is 5.42. The number of ether oxygens (including phenoxy) is 2. The lowest BCUT2D eigenvalue weighted by Gasteiger charge is -2.25. The summed E-state index contributed by atoms with van der Waals surface area (Å²) in [5.74, 6) is 0.731. The Hall–Kier alpha value is -0.0800. The smallest absolute Gasteiger partial charge is 0.0993 e. The zero-order valence-electron chi connectivity index (χ0n) is 6.71. The molecule has 3 unspecified atom stereocenters. The van der Waals surface area contributed by atoms with Crippen LogP contribution in [-0.2, 0) is 9.47 Å². The van der Waals surface area contributed by atoms with E-state index in [9.17, 15) is 0 Å². The molecule has 2 heteroatoms. The molecule has 0 radical (unpaired) electrons. The average Bonchev–Trinajstić information content (AvgIpc) is 2.55. The predicted molar refractivity (Wildman–Crippen MR) is 40.4 cm³/mol. The Morgan fingerprint density at radius 1 is 1.27 bits per heavy atom. The van der Waals surface area contributed by atoms with E-state index in [0.717, 1.165) is 19.1 Å². The molecule has 0 aromatic carbocycles. The maximum absolute atomic E-state index is 5.86. The van der Waals surface area contributed by atoms with Crippen molar-refractivity contribution in [2.45, 2.75) is 37.4 Å². The number of hydrogen-bond acceptors (Lipinski definition) is 2. The maximum Gasteiger partial charge on any atom is 0.0993 e. The molecule has 3 rings (SSSR count). The Kier molecular flexibility index (Phi) is 1.16. The summed E-state index contributed by atoms with van der Waals surface area (Å²) in [7, 11) is 0. The van der Waals surface area contributed by atoms with E-state index < -0.39 is 0 Å². The van der Waals surface area contributed by atoms with E-state index in [4.69, 9.17) is 9.47 Å². The third kappa shape index (κ3) is 0.651. The maximum atomic E-state index is 5.86. The van der Waals surface area contributed by atoms with Gasteiger partial charge in [0.05, 0.1) is 18.3 Å². The van der Waals surface area contributed by atoms with E-state index in [1.54, 1.807) is 0 Å². The molecule has 3 aliphatic rings. The summed E-state index contributed by atoms with van der Waals surface area (Å²) in [6, 6.07) is 0. The molecule has 0 aromatic heterocycles. The molecule has 3 fully saturated rings. The van der Waals surface area contributed by atoms with Gasteiger partial charge in [-0.25, -0.2) is 0 Å². The molecular formula is C9H14O2. The van der Waals surface area contributed by atoms with Gasteiger partial charge in [0.1, 0.15) is 0 Å². The minimum absolute atomic E-state index is 0.194. The lowest BCUT2D eigenvalue weighted by molar-refractivity contribution is -0.0511. The van der Waals surface area contributed by atoms with Crippen LogP contribution in [0.25, 0.3) is 0 Å². The second kappa shape index (κ2) is 1.99. The van der Waals surface area contributed by atoms with Gasteiger partial charge in [0.25, 0.3) is 0 Å². The quantitative estimate of drug-likeness (QED) is 0.524. The molecule has 2 saturated heterocycles. The van der Waals surface area contributed by atoms with Crippen LogP contribution in [0.4, 0.5) is 0 Å². The lowest BCUT2D eigenvalue weighted by atomic mass is 9.87. The summed E-state index contributed by atoms with van der Waals surface area (Å²) in [6.07, 6.45) is 5.48. The van der Waals surface area contributed by atoms with Crippen molar-refractivity contribution in [3.05, 3.63) is 0 Å². The van der Waals surface area contributed by atoms with Gasteiger partial charge in [-0.15, -0.1) is 0 Å². The van der Waals surface area contributed by atoms with Crippen molar-refractivity contribution < 1.29 is 9.47 Å². The number of hydrogen-bond donors (Lipinski definition) is 0. The third-order valence-corrected chi connectivity index (χ3v) is 3.61. The summed E-state index contributed by atoms with van der Waals surface area (Å²) < 4.78 is 11.6. The summed E-state index contributed by atoms with van der Waals surface area (Å²) in [6.45, 7) is 1.94. The van der Waals surface area contributed by atoms with Crippen molar-refractivity contribution in [1.82, 2.24) is 0 Å². The van der Waals surface area contributed by atoms with Gasteiger partial charge < -0.3 is 9.47 Å². The van der Waals surface area contributed by atoms with Crippen LogP contribution in [0.2, 0.25) is 0 Å². The number of rotatable bonds is 0. The van der Waals surface area contributed by atoms with Crippen molar-refractivity contribution in [1.29, 1.82) is 0 Å². The summed E-state index contributed by atoms with van der Waals surface area (Å²) in [4.78, 5) is 0. The normalized spacial score (nSPS) is 54.5. The minimum atomic E-state index is 0.194. The van der Waals surface area contributed by atoms with Crippen LogP contribution in [-0.4, -0.2) is 24.9 Å². The van der Waals surface area contributed by atoms with Crippen molar-refractivity contribution in [2.75, 3.05) is 13.2 Å². The van der Waals surface area contributed by atoms with Gasteiger partial charge in [0, 0.05) is 12.5 Å². The van der Waals surface area contributed by atoms with Crippen LogP contribution in [0.1, 0.15) is 25.7 Å². The van der Waals surface area contributed by atoms with E-state index in [0.29, 0.717) is 6.10 Å². The topological polar surface area (TPSA) is 18.5 Å². The van der Waals surface area contributed by atoms with Crippen molar-refractivity contribution >= 4 is 0 Å². The average molecular weight is 154 g/mol. The molecule has 2 nitrogen and oxygen atoms in total. The van der Waals surface area contributed by atoms with Crippen LogP contribution in [0.5, 0.6) is 0 Å². The highest BCUT2D eigenvalue weighted by Gasteiger charge is 2.57. The first kappa shape index (κ1) is 6.44. The zero-order valence-corrected chi connectivity index (χ0v) is 6.71. The minimum Gasteiger partial charge on any atom is -0.375 e. The molecule has 1 saturated carbocycles. The molecule has 0 amide bonds. The Balaban J connectivity index is 1.97. The summed E-state index contributed by atoms with van der Waals surface area (Å²) >= 11 is 0. The Morgan fingerprint density at radius 3 is 3.27 bits per heavy atom. The van der Waals surface area contributed by atoms with Crippen LogP contribution in [0, 0.1) is 5.92 Å². The molecule has 0 bridgehead atoms. The molecule has 2 aliphatic heterocycles. The van der Waals surface area contributed by atoms with Crippen molar-refractivity contribution in [3.8, 4) is 0 Å². The second-order valence-corrected chi connectivity index (χ2v) is 4.00. The largest absolute Gasteiger partial charge is 0.375 e. The summed E-state index contributed by atoms with van der Waals surface area (Å²) in [5, 5.41) is 0. The van der Waals surface area contributed by atoms with E-state index in [1.807, 2.05) is 0 Å². The van der Waals surface area contributed by atoms with Gasteiger partial charge in [-0.05, 0) is 25.7 Å². The van der Waals surface area contributed by atoms with E-state index >= 15 is 0 Å². The third-order valence-electron chi connectivity index (χ3n) is 3.61. The molecule has 62 valence electrons. The van der Waals surface area contributed by atoms with Crippen molar-refractivity contribution in [2.24, 2.45) is 5.92 Å². The van der Waals surface area contributed by atoms with Crippen LogP contribution < -0.4 is 0 Å². The van der Waals surface area contributed by atoms with Gasteiger partial charge in [-0.3, -0.25) is 0 Å². The van der Waals surface area contributed by atoms with Crippen molar-refractivity contribution in [3.63, 3.8) is 0 Å². The second-order valence-electron chi connectivity index (χ2n) is 4.00. The lowest BCUT2D eigenvalue weighted by Crippen LogP contribution is -2.37. The van der Waals surface area contributed by atoms with Gasteiger partial charge in [0.15, 0.2) is 0 Å². The molecule has 3 atom stereocenters. The Labute approximate surface area is 66.9 Å². The highest BCUT2D eigenvalue weighted by atomic mass is 16.6. The highest BCUT2D eigenvalue weighted by molar-refractivity contribution is 5.06. The standard InChI is InChI=1S/C9H14O2/c1-2-8-9(4-1)7(6-10-8)3-5-11-9/h7-8H,1-6H2. The predicted octanol–water partition coefficient (Wildman–Crippen LogP) is 1.34. The fourth-order valence-corrected chi connectivity index (χ4v) is 3.04. The fourth-order valence-electron chi connectivity index (χ4n) is 3.04. The van der Waals surface area contributed by atoms with Crippen LogP contribution >= 0.6 is 0 Å². The zero-order chi connectivity index (χ0) is 7.31. The Morgan fingerprint density at radius 2 is 2.27 bits per heavy atom. The molecule has 1 aliphatic carbocycles. The first-order valence-electron chi connectivity index (χ1n) is 4.67. The molecular weight excluding hydrogens is 140 g/mol. The van der Waals surface area contributed by atoms with Gasteiger partial charge in [-0.2, -0.15) is 0 Å². The molecule has 1 spiro atoms. The van der Waals surface area contributed by atoms with E-state index in [1.165, 1.54) is 25.7 Å². The first-order valence-corrected chi connectivity index (χ1v) is 4.67. The van der Waals surface area contributed by atoms with E-state index in [2.05, 4.69) is 0 Å². The summed E-state index contributed by atoms with van der Waals surface area (Å²) in [5.41, 5.74) is 0.194.